The van der Waals surface area contributed by atoms with Crippen molar-refractivity contribution in [3.63, 3.8) is 0 Å². The lowest BCUT2D eigenvalue weighted by Crippen LogP contribution is -2.30. The molecule has 0 aliphatic heterocycles. The number of aryl methyl sites for hydroxylation is 2. The summed E-state index contributed by atoms with van der Waals surface area (Å²) in [7, 11) is 0. The van der Waals surface area contributed by atoms with Crippen LogP contribution in [-0.2, 0) is 4.79 Å². The van der Waals surface area contributed by atoms with Gasteiger partial charge in [-0.25, -0.2) is 9.07 Å². The Labute approximate surface area is 173 Å². The van der Waals surface area contributed by atoms with Crippen molar-refractivity contribution < 1.29 is 13.9 Å². The maximum Gasteiger partial charge on any atom is 0.265 e. The molecule has 0 spiro atoms. The first-order valence-corrected chi connectivity index (χ1v) is 9.58. The highest BCUT2D eigenvalue weighted by atomic mass is 19.1. The maximum atomic E-state index is 13.3. The van der Waals surface area contributed by atoms with Crippen molar-refractivity contribution in [3.05, 3.63) is 77.7 Å². The third kappa shape index (κ3) is 3.87. The number of ether oxygens (including phenoxy) is 1. The van der Waals surface area contributed by atoms with Gasteiger partial charge in [-0.15, -0.1) is 0 Å². The molecule has 0 bridgehead atoms. The van der Waals surface area contributed by atoms with Crippen molar-refractivity contribution >= 4 is 22.6 Å². The molecule has 1 atom stereocenters. The predicted molar refractivity (Wildman–Crippen MR) is 113 cm³/mol. The first kappa shape index (κ1) is 19.6. The monoisotopic (exact) mass is 404 g/mol. The minimum Gasteiger partial charge on any atom is -0.464 e. The number of hydrogen-bond acceptors (Lipinski definition) is 4. The summed E-state index contributed by atoms with van der Waals surface area (Å²) < 4.78 is 20.9. The standard InChI is InChI=1S/C23H21FN4O2/c1-14-12-20(30-16(3)23(29)25-18-9-7-8-17(24)13-18)26-22-21(14)15(2)27-28(22)19-10-5-4-6-11-19/h4-13,16H,1-3H3,(H,25,29)/t16-/m1/s1. The summed E-state index contributed by atoms with van der Waals surface area (Å²) in [5, 5.41) is 8.22. The van der Waals surface area contributed by atoms with E-state index in [9.17, 15) is 9.18 Å². The normalized spacial score (nSPS) is 12.0. The van der Waals surface area contributed by atoms with Crippen LogP contribution in [0.4, 0.5) is 10.1 Å². The molecule has 0 radical (unpaired) electrons. The van der Waals surface area contributed by atoms with Gasteiger partial charge >= 0.3 is 0 Å². The molecule has 2 aromatic carbocycles. The molecular formula is C23H21FN4O2. The molecule has 0 aliphatic carbocycles. The van der Waals surface area contributed by atoms with E-state index in [2.05, 4.69) is 15.4 Å². The Balaban J connectivity index is 1.62. The molecule has 30 heavy (non-hydrogen) atoms. The van der Waals surface area contributed by atoms with Crippen molar-refractivity contribution in [2.75, 3.05) is 5.32 Å². The number of amides is 1. The van der Waals surface area contributed by atoms with Crippen LogP contribution in [0.1, 0.15) is 18.2 Å². The van der Waals surface area contributed by atoms with E-state index in [0.717, 1.165) is 22.3 Å². The smallest absolute Gasteiger partial charge is 0.265 e. The van der Waals surface area contributed by atoms with Gasteiger partial charge in [0.15, 0.2) is 11.8 Å². The fourth-order valence-corrected chi connectivity index (χ4v) is 3.33. The number of hydrogen-bond donors (Lipinski definition) is 1. The number of halogens is 1. The molecule has 0 fully saturated rings. The predicted octanol–water partition coefficient (Wildman–Crippen LogP) is 4.58. The molecule has 152 valence electrons. The highest BCUT2D eigenvalue weighted by Gasteiger charge is 2.19. The lowest BCUT2D eigenvalue weighted by Gasteiger charge is -2.15. The maximum absolute atomic E-state index is 13.3. The van der Waals surface area contributed by atoms with Crippen LogP contribution in [0.25, 0.3) is 16.7 Å². The number of carbonyl (C=O) groups excluding carboxylic acids is 1. The first-order valence-electron chi connectivity index (χ1n) is 9.58. The van der Waals surface area contributed by atoms with Crippen LogP contribution in [0, 0.1) is 19.7 Å². The Bertz CT molecular complexity index is 1220. The van der Waals surface area contributed by atoms with Gasteiger partial charge in [0.2, 0.25) is 5.88 Å². The SMILES string of the molecule is Cc1cc(O[C@H](C)C(=O)Nc2cccc(F)c2)nc2c1c(C)nn2-c1ccccc1. The molecule has 1 N–H and O–H groups in total. The molecule has 0 aliphatic rings. The Hall–Kier alpha value is -3.74. The minimum atomic E-state index is -0.827. The van der Waals surface area contributed by atoms with Crippen LogP contribution in [0.15, 0.2) is 60.7 Å². The van der Waals surface area contributed by atoms with Crippen LogP contribution in [0.3, 0.4) is 0 Å². The van der Waals surface area contributed by atoms with E-state index >= 15 is 0 Å². The van der Waals surface area contributed by atoms with Gasteiger partial charge in [0.05, 0.1) is 11.4 Å². The summed E-state index contributed by atoms with van der Waals surface area (Å²) >= 11 is 0. The van der Waals surface area contributed by atoms with Crippen molar-refractivity contribution in [1.82, 2.24) is 14.8 Å². The minimum absolute atomic E-state index is 0.318. The molecule has 0 saturated heterocycles. The number of aromatic nitrogens is 3. The van der Waals surface area contributed by atoms with Crippen molar-refractivity contribution in [1.29, 1.82) is 0 Å². The van der Waals surface area contributed by atoms with Crippen LogP contribution in [-0.4, -0.2) is 26.8 Å². The number of fused-ring (bicyclic) bond motifs is 1. The number of benzene rings is 2. The third-order valence-electron chi connectivity index (χ3n) is 4.75. The lowest BCUT2D eigenvalue weighted by atomic mass is 10.1. The van der Waals surface area contributed by atoms with Gasteiger partial charge in [0, 0.05) is 17.1 Å². The van der Waals surface area contributed by atoms with E-state index in [1.807, 2.05) is 44.2 Å². The van der Waals surface area contributed by atoms with E-state index in [0.29, 0.717) is 17.2 Å². The fourth-order valence-electron chi connectivity index (χ4n) is 3.33. The zero-order chi connectivity index (χ0) is 21.3. The Morgan fingerprint density at radius 2 is 1.87 bits per heavy atom. The van der Waals surface area contributed by atoms with E-state index in [4.69, 9.17) is 4.74 Å². The summed E-state index contributed by atoms with van der Waals surface area (Å²) in [5.41, 5.74) is 3.73. The Kier molecular flexibility index (Phi) is 5.18. The lowest BCUT2D eigenvalue weighted by molar-refractivity contribution is -0.122. The molecule has 2 heterocycles. The molecule has 6 nitrogen and oxygen atoms in total. The fraction of sp³-hybridized carbons (Fsp3) is 0.174. The number of anilines is 1. The number of nitrogens with zero attached hydrogens (tertiary/aromatic N) is 3. The van der Waals surface area contributed by atoms with Gasteiger partial charge in [-0.05, 0) is 56.7 Å². The highest BCUT2D eigenvalue weighted by Crippen LogP contribution is 2.27. The average molecular weight is 404 g/mol. The number of nitrogens with one attached hydrogen (secondary N) is 1. The molecule has 1 amide bonds. The number of carbonyl (C=O) groups is 1. The van der Waals surface area contributed by atoms with Crippen molar-refractivity contribution in [2.45, 2.75) is 26.9 Å². The second kappa shape index (κ2) is 7.94. The van der Waals surface area contributed by atoms with Gasteiger partial charge in [-0.3, -0.25) is 4.79 Å². The van der Waals surface area contributed by atoms with Gasteiger partial charge < -0.3 is 10.1 Å². The number of rotatable bonds is 5. The van der Waals surface area contributed by atoms with Crippen LogP contribution in [0.5, 0.6) is 5.88 Å². The summed E-state index contributed by atoms with van der Waals surface area (Å²) in [6.45, 7) is 5.51. The molecule has 4 rings (SSSR count). The van der Waals surface area contributed by atoms with Crippen LogP contribution < -0.4 is 10.1 Å². The zero-order valence-corrected chi connectivity index (χ0v) is 16.9. The molecule has 4 aromatic rings. The number of para-hydroxylation sites is 1. The van der Waals surface area contributed by atoms with E-state index in [1.165, 1.54) is 18.2 Å². The Morgan fingerprint density at radius 1 is 1.10 bits per heavy atom. The van der Waals surface area contributed by atoms with Gasteiger partial charge in [-0.2, -0.15) is 10.1 Å². The second-order valence-electron chi connectivity index (χ2n) is 7.07. The summed E-state index contributed by atoms with van der Waals surface area (Å²) in [5.74, 6) is -0.500. The highest BCUT2D eigenvalue weighted by molar-refractivity contribution is 5.94. The molecule has 0 unspecified atom stereocenters. The van der Waals surface area contributed by atoms with Crippen molar-refractivity contribution in [2.24, 2.45) is 0 Å². The summed E-state index contributed by atoms with van der Waals surface area (Å²) in [6, 6.07) is 17.2. The first-order chi connectivity index (χ1) is 14.4. The molecule has 2 aromatic heterocycles. The van der Waals surface area contributed by atoms with E-state index in [1.54, 1.807) is 23.7 Å². The van der Waals surface area contributed by atoms with Gasteiger partial charge in [0.1, 0.15) is 5.82 Å². The number of pyridine rings is 1. The van der Waals surface area contributed by atoms with Crippen molar-refractivity contribution in [3.8, 4) is 11.6 Å². The zero-order valence-electron chi connectivity index (χ0n) is 16.9. The quantitative estimate of drug-likeness (QED) is 0.529. The average Bonchev–Trinajstić information content (AvgIpc) is 3.05. The van der Waals surface area contributed by atoms with E-state index < -0.39 is 17.8 Å². The van der Waals surface area contributed by atoms with Crippen LogP contribution in [0.2, 0.25) is 0 Å². The molecular weight excluding hydrogens is 383 g/mol. The Morgan fingerprint density at radius 3 is 2.60 bits per heavy atom. The summed E-state index contributed by atoms with van der Waals surface area (Å²) in [6.07, 6.45) is -0.827. The molecule has 7 heteroatoms. The van der Waals surface area contributed by atoms with Gasteiger partial charge in [-0.1, -0.05) is 24.3 Å². The van der Waals surface area contributed by atoms with E-state index in [-0.39, 0.29) is 0 Å². The largest absolute Gasteiger partial charge is 0.464 e. The molecule has 0 saturated carbocycles. The van der Waals surface area contributed by atoms with Crippen LogP contribution >= 0.6 is 0 Å². The van der Waals surface area contributed by atoms with Gasteiger partial charge in [0.25, 0.3) is 5.91 Å². The topological polar surface area (TPSA) is 69.0 Å². The summed E-state index contributed by atoms with van der Waals surface area (Å²) in [4.78, 5) is 17.1. The third-order valence-corrected chi connectivity index (χ3v) is 4.75. The second-order valence-corrected chi connectivity index (χ2v) is 7.07.